The normalized spacial score (nSPS) is 13.3. The summed E-state index contributed by atoms with van der Waals surface area (Å²) in [5.41, 5.74) is 6.62. The average Bonchev–Trinajstić information content (AvgIpc) is 2.32. The minimum absolute atomic E-state index is 0.148. The fourth-order valence-electron chi connectivity index (χ4n) is 1.47. The highest BCUT2D eigenvalue weighted by molar-refractivity contribution is 7.84. The molecule has 0 aliphatic rings. The molecule has 0 bridgehead atoms. The van der Waals surface area contributed by atoms with Gasteiger partial charge in [0.05, 0.1) is 0 Å². The molecule has 1 atom stereocenters. The first-order valence-electron chi connectivity index (χ1n) is 6.49. The van der Waals surface area contributed by atoms with Crippen molar-refractivity contribution in [2.24, 2.45) is 0 Å². The quantitative estimate of drug-likeness (QED) is 0.862. The monoisotopic (exact) mass is 284 g/mol. The van der Waals surface area contributed by atoms with Crippen LogP contribution in [0.2, 0.25) is 0 Å². The minimum atomic E-state index is -0.772. The Balaban J connectivity index is 2.88. The van der Waals surface area contributed by atoms with E-state index in [1.54, 1.807) is 0 Å². The molecule has 0 saturated heterocycles. The highest BCUT2D eigenvalue weighted by Gasteiger charge is 2.20. The van der Waals surface area contributed by atoms with Gasteiger partial charge in [-0.1, -0.05) is 27.7 Å². The van der Waals surface area contributed by atoms with Crippen LogP contribution >= 0.6 is 0 Å². The van der Waals surface area contributed by atoms with Crippen LogP contribution in [0.3, 0.4) is 0 Å². The maximum atomic E-state index is 11.4. The number of hydrogen-bond acceptors (Lipinski definition) is 5. The van der Waals surface area contributed by atoms with Crippen molar-refractivity contribution in [1.82, 2.24) is 9.97 Å². The Morgan fingerprint density at radius 2 is 1.95 bits per heavy atom. The molecule has 0 fully saturated rings. The lowest BCUT2D eigenvalue weighted by Gasteiger charge is -2.19. The third-order valence-corrected chi connectivity index (χ3v) is 4.10. The van der Waals surface area contributed by atoms with E-state index in [1.807, 2.05) is 34.6 Å². The Kier molecular flexibility index (Phi) is 5.29. The van der Waals surface area contributed by atoms with Gasteiger partial charge in [-0.2, -0.15) is 0 Å². The van der Waals surface area contributed by atoms with Gasteiger partial charge in [-0.05, 0) is 6.92 Å². The second kappa shape index (κ2) is 6.32. The summed E-state index contributed by atoms with van der Waals surface area (Å²) in [6, 6.07) is 0. The molecule has 3 N–H and O–H groups in total. The van der Waals surface area contributed by atoms with Crippen molar-refractivity contribution < 1.29 is 4.21 Å². The predicted molar refractivity (Wildman–Crippen MR) is 81.9 cm³/mol. The molecule has 0 aromatic carbocycles. The summed E-state index contributed by atoms with van der Waals surface area (Å²) in [6.07, 6.45) is 0. The van der Waals surface area contributed by atoms with E-state index in [0.717, 1.165) is 17.2 Å². The van der Waals surface area contributed by atoms with E-state index in [0.29, 0.717) is 23.9 Å². The number of aromatic nitrogens is 2. The Bertz CT molecular complexity index is 468. The number of hydrogen-bond donors (Lipinski definition) is 2. The molecular weight excluding hydrogens is 260 g/mol. The van der Waals surface area contributed by atoms with Gasteiger partial charge in [0.25, 0.3) is 0 Å². The zero-order valence-electron chi connectivity index (χ0n) is 12.4. The number of nitrogens with one attached hydrogen (secondary N) is 1. The van der Waals surface area contributed by atoms with Gasteiger partial charge in [0.2, 0.25) is 0 Å². The molecule has 6 heteroatoms. The van der Waals surface area contributed by atoms with Gasteiger partial charge >= 0.3 is 0 Å². The standard InChI is InChI=1S/C13H24N4OS/c1-6-19(18)8-7-15-11-9(2)10(14)16-12(17-11)13(3,4)5/h6-8H2,1-5H3,(H3,14,15,16,17). The molecule has 0 amide bonds. The number of nitrogens with two attached hydrogens (primary N) is 1. The lowest BCUT2D eigenvalue weighted by molar-refractivity contribution is 0.546. The second-order valence-corrected chi connectivity index (χ2v) is 7.38. The van der Waals surface area contributed by atoms with Crippen LogP contribution in [0.5, 0.6) is 0 Å². The third-order valence-electron chi connectivity index (χ3n) is 2.80. The first-order valence-corrected chi connectivity index (χ1v) is 7.98. The summed E-state index contributed by atoms with van der Waals surface area (Å²) in [6.45, 7) is 10.6. The average molecular weight is 284 g/mol. The summed E-state index contributed by atoms with van der Waals surface area (Å²) in [5.74, 6) is 3.25. The van der Waals surface area contributed by atoms with Gasteiger partial charge in [0.15, 0.2) is 0 Å². The molecule has 0 saturated carbocycles. The van der Waals surface area contributed by atoms with Gasteiger partial charge in [-0.25, -0.2) is 9.97 Å². The van der Waals surface area contributed by atoms with E-state index >= 15 is 0 Å². The largest absolute Gasteiger partial charge is 0.383 e. The van der Waals surface area contributed by atoms with Crippen LogP contribution < -0.4 is 11.1 Å². The smallest absolute Gasteiger partial charge is 0.138 e. The molecule has 1 unspecified atom stereocenters. The van der Waals surface area contributed by atoms with Crippen LogP contribution in [0.25, 0.3) is 0 Å². The molecule has 0 aliphatic heterocycles. The van der Waals surface area contributed by atoms with Gasteiger partial charge in [0.1, 0.15) is 17.5 Å². The van der Waals surface area contributed by atoms with Crippen LogP contribution in [0, 0.1) is 6.92 Å². The third kappa shape index (κ3) is 4.45. The molecule has 0 spiro atoms. The lowest BCUT2D eigenvalue weighted by Crippen LogP contribution is -2.20. The fourth-order valence-corrected chi connectivity index (χ4v) is 2.09. The fraction of sp³-hybridized carbons (Fsp3) is 0.692. The summed E-state index contributed by atoms with van der Waals surface area (Å²) in [5, 5.41) is 3.21. The Morgan fingerprint density at radius 3 is 2.47 bits per heavy atom. The van der Waals surface area contributed by atoms with Crippen molar-refractivity contribution >= 4 is 22.4 Å². The van der Waals surface area contributed by atoms with E-state index in [-0.39, 0.29) is 5.41 Å². The topological polar surface area (TPSA) is 80.9 Å². The van der Waals surface area contributed by atoms with Crippen molar-refractivity contribution in [3.8, 4) is 0 Å². The predicted octanol–water partition coefficient (Wildman–Crippen LogP) is 1.85. The number of nitrogen functional groups attached to an aromatic ring is 1. The maximum absolute atomic E-state index is 11.4. The van der Waals surface area contributed by atoms with Crippen molar-refractivity contribution in [3.05, 3.63) is 11.4 Å². The van der Waals surface area contributed by atoms with E-state index in [4.69, 9.17) is 5.73 Å². The number of anilines is 2. The van der Waals surface area contributed by atoms with Crippen LogP contribution in [0.15, 0.2) is 0 Å². The molecule has 1 rings (SSSR count). The van der Waals surface area contributed by atoms with Crippen molar-refractivity contribution in [2.45, 2.75) is 40.0 Å². The van der Waals surface area contributed by atoms with Crippen molar-refractivity contribution in [1.29, 1.82) is 0 Å². The summed E-state index contributed by atoms with van der Waals surface area (Å²) in [7, 11) is -0.772. The number of nitrogens with zero attached hydrogens (tertiary/aromatic N) is 2. The van der Waals surface area contributed by atoms with Gasteiger partial charge < -0.3 is 11.1 Å². The van der Waals surface area contributed by atoms with Gasteiger partial charge in [-0.3, -0.25) is 4.21 Å². The first kappa shape index (κ1) is 15.9. The molecule has 108 valence electrons. The SMILES string of the molecule is CCS(=O)CCNc1nc(C(C)(C)C)nc(N)c1C. The molecule has 19 heavy (non-hydrogen) atoms. The molecule has 0 aliphatic carbocycles. The van der Waals surface area contributed by atoms with Crippen LogP contribution in [0.4, 0.5) is 11.6 Å². The minimum Gasteiger partial charge on any atom is -0.383 e. The summed E-state index contributed by atoms with van der Waals surface area (Å²) in [4.78, 5) is 8.86. The van der Waals surface area contributed by atoms with Crippen molar-refractivity contribution in [3.63, 3.8) is 0 Å². The highest BCUT2D eigenvalue weighted by Crippen LogP contribution is 2.24. The van der Waals surface area contributed by atoms with Gasteiger partial charge in [-0.15, -0.1) is 0 Å². The van der Waals surface area contributed by atoms with Crippen LogP contribution in [-0.2, 0) is 16.2 Å². The zero-order valence-corrected chi connectivity index (χ0v) is 13.2. The first-order chi connectivity index (χ1) is 8.75. The Morgan fingerprint density at radius 1 is 1.32 bits per heavy atom. The van der Waals surface area contributed by atoms with Gasteiger partial charge in [0, 0.05) is 39.8 Å². The van der Waals surface area contributed by atoms with E-state index in [1.165, 1.54) is 0 Å². The van der Waals surface area contributed by atoms with Crippen LogP contribution in [-0.4, -0.2) is 32.2 Å². The summed E-state index contributed by atoms with van der Waals surface area (Å²) >= 11 is 0. The van der Waals surface area contributed by atoms with E-state index < -0.39 is 10.8 Å². The zero-order chi connectivity index (χ0) is 14.6. The molecule has 5 nitrogen and oxygen atoms in total. The highest BCUT2D eigenvalue weighted by atomic mass is 32.2. The second-order valence-electron chi connectivity index (χ2n) is 5.52. The van der Waals surface area contributed by atoms with Crippen molar-refractivity contribution in [2.75, 3.05) is 29.1 Å². The van der Waals surface area contributed by atoms with E-state index in [2.05, 4.69) is 15.3 Å². The van der Waals surface area contributed by atoms with Crippen LogP contribution in [0.1, 0.15) is 39.1 Å². The maximum Gasteiger partial charge on any atom is 0.138 e. The van der Waals surface area contributed by atoms with E-state index in [9.17, 15) is 4.21 Å². The molecular formula is C13H24N4OS. The Hall–Kier alpha value is -1.17. The summed E-state index contributed by atoms with van der Waals surface area (Å²) < 4.78 is 11.4. The number of rotatable bonds is 5. The molecule has 1 heterocycles. The Labute approximate surface area is 117 Å². The lowest BCUT2D eigenvalue weighted by atomic mass is 9.95. The molecule has 0 radical (unpaired) electrons. The molecule has 1 aromatic heterocycles. The molecule has 1 aromatic rings.